The van der Waals surface area contributed by atoms with Gasteiger partial charge in [-0.2, -0.15) is 0 Å². The zero-order valence-electron chi connectivity index (χ0n) is 9.90. The van der Waals surface area contributed by atoms with E-state index in [0.29, 0.717) is 0 Å². The summed E-state index contributed by atoms with van der Waals surface area (Å²) in [6.07, 6.45) is 2.34. The number of carbonyl (C=O) groups excluding carboxylic acids is 1. The Labute approximate surface area is 118 Å². The Morgan fingerprint density at radius 2 is 2.00 bits per heavy atom. The molecule has 4 heteroatoms. The molecule has 0 aliphatic carbocycles. The zero-order valence-corrected chi connectivity index (χ0v) is 13.4. The molecular weight excluding hydrogens is 341 g/mol. The van der Waals surface area contributed by atoms with Gasteiger partial charge in [-0.25, -0.2) is 0 Å². The van der Waals surface area contributed by atoms with Crippen molar-refractivity contribution >= 4 is 41.9 Å². The third kappa shape index (κ3) is 3.59. The fraction of sp³-hybridized carbons (Fsp3) is 0.462. The molecule has 0 N–H and O–H groups in total. The molecule has 0 aromatic heterocycles. The molecule has 0 atom stereocenters. The van der Waals surface area contributed by atoms with Crippen molar-refractivity contribution in [3.8, 4) is 0 Å². The van der Waals surface area contributed by atoms with Gasteiger partial charge in [0.1, 0.15) is 0 Å². The maximum absolute atomic E-state index is 11.2. The van der Waals surface area contributed by atoms with Crippen molar-refractivity contribution in [2.24, 2.45) is 0 Å². The molecule has 0 saturated carbocycles. The van der Waals surface area contributed by atoms with Crippen molar-refractivity contribution in [2.75, 3.05) is 13.1 Å². The number of halogens is 1. The third-order valence-electron chi connectivity index (χ3n) is 3.08. The summed E-state index contributed by atoms with van der Waals surface area (Å²) in [7, 11) is 0. The van der Waals surface area contributed by atoms with Crippen LogP contribution >= 0.6 is 15.9 Å². The fourth-order valence-electron chi connectivity index (χ4n) is 2.06. The Hall–Kier alpha value is -0.272. The molecule has 1 heterocycles. The number of hydrogen-bond donors (Lipinski definition) is 0. The first-order valence-corrected chi connectivity index (χ1v) is 8.69. The molecule has 1 aliphatic heterocycles. The van der Waals surface area contributed by atoms with Crippen molar-refractivity contribution < 1.29 is 4.79 Å². The van der Waals surface area contributed by atoms with Crippen molar-refractivity contribution in [3.05, 3.63) is 28.7 Å². The molecule has 0 spiro atoms. The quantitative estimate of drug-likeness (QED) is 0.744. The van der Waals surface area contributed by atoms with Gasteiger partial charge in [0.2, 0.25) is 0 Å². The van der Waals surface area contributed by atoms with Crippen LogP contribution in [0.4, 0.5) is 0 Å². The van der Waals surface area contributed by atoms with E-state index < -0.39 is 0 Å². The van der Waals surface area contributed by atoms with Gasteiger partial charge in [-0.15, -0.1) is 0 Å². The van der Waals surface area contributed by atoms with E-state index in [1.165, 1.54) is 21.7 Å². The number of piperidine rings is 1. The predicted molar refractivity (Wildman–Crippen MR) is 74.8 cm³/mol. The zero-order chi connectivity index (χ0) is 12.3. The van der Waals surface area contributed by atoms with Crippen LogP contribution in [0.1, 0.15) is 19.8 Å². The van der Waals surface area contributed by atoms with Crippen molar-refractivity contribution in [1.29, 1.82) is 0 Å². The second kappa shape index (κ2) is 6.06. The first kappa shape index (κ1) is 13.2. The van der Waals surface area contributed by atoms with Crippen LogP contribution in [0, 0.1) is 0 Å². The number of hydrogen-bond acceptors (Lipinski definition) is 1. The summed E-state index contributed by atoms with van der Waals surface area (Å²) in [6.45, 7) is 3.56. The van der Waals surface area contributed by atoms with E-state index in [4.69, 9.17) is 0 Å². The van der Waals surface area contributed by atoms with Gasteiger partial charge < -0.3 is 0 Å². The number of nitrogens with zero attached hydrogens (tertiary/aromatic N) is 1. The third-order valence-corrected chi connectivity index (χ3v) is 7.69. The van der Waals surface area contributed by atoms with Crippen LogP contribution in [0.15, 0.2) is 28.7 Å². The summed E-state index contributed by atoms with van der Waals surface area (Å²) in [6, 6.07) is 8.52. The van der Waals surface area contributed by atoms with Gasteiger partial charge in [0.25, 0.3) is 0 Å². The number of rotatable bonds is 2. The Kier molecular flexibility index (Phi) is 4.69. The Bertz CT molecular complexity index is 402. The Balaban J connectivity index is 1.90. The molecule has 91 valence electrons. The topological polar surface area (TPSA) is 20.3 Å². The van der Waals surface area contributed by atoms with Crippen LogP contribution in [0.5, 0.6) is 0 Å². The minimum atomic E-state index is 0.216. The van der Waals surface area contributed by atoms with E-state index in [0.717, 1.165) is 17.8 Å². The molecular formula is C13H16AsBrNO. The number of amides is 1. The first-order valence-electron chi connectivity index (χ1n) is 5.87. The predicted octanol–water partition coefficient (Wildman–Crippen LogP) is 2.21. The summed E-state index contributed by atoms with van der Waals surface area (Å²) in [4.78, 5) is 13.2. The van der Waals surface area contributed by atoms with Crippen LogP contribution < -0.4 is 4.35 Å². The second-order valence-corrected chi connectivity index (χ2v) is 8.26. The van der Waals surface area contributed by atoms with Gasteiger partial charge in [0.15, 0.2) is 0 Å². The summed E-state index contributed by atoms with van der Waals surface area (Å²) >= 11 is 3.83. The van der Waals surface area contributed by atoms with E-state index in [2.05, 4.69) is 40.2 Å². The molecule has 0 bridgehead atoms. The molecule has 1 saturated heterocycles. The van der Waals surface area contributed by atoms with Crippen LogP contribution in [-0.4, -0.2) is 39.6 Å². The van der Waals surface area contributed by atoms with E-state index in [1.54, 1.807) is 6.92 Å². The summed E-state index contributed by atoms with van der Waals surface area (Å²) < 4.78 is 3.53. The van der Waals surface area contributed by atoms with Crippen LogP contribution in [-0.2, 0) is 4.79 Å². The van der Waals surface area contributed by atoms with Gasteiger partial charge in [-0.05, 0) is 0 Å². The average Bonchev–Trinajstić information content (AvgIpc) is 2.33. The van der Waals surface area contributed by atoms with Crippen molar-refractivity contribution in [1.82, 2.24) is 4.90 Å². The van der Waals surface area contributed by atoms with Crippen molar-refractivity contribution in [3.63, 3.8) is 0 Å². The average molecular weight is 357 g/mol. The number of benzene rings is 1. The van der Waals surface area contributed by atoms with Crippen LogP contribution in [0.3, 0.4) is 0 Å². The molecule has 1 radical (unpaired) electrons. The molecule has 1 aliphatic rings. The monoisotopic (exact) mass is 356 g/mol. The first-order chi connectivity index (χ1) is 8.16. The molecule has 1 fully saturated rings. The fourth-order valence-corrected chi connectivity index (χ4v) is 5.51. The summed E-state index contributed by atoms with van der Waals surface area (Å²) in [5.41, 5.74) is 0. The molecule has 0 unspecified atom stereocenters. The molecule has 1 aromatic rings. The molecule has 17 heavy (non-hydrogen) atoms. The van der Waals surface area contributed by atoms with E-state index in [9.17, 15) is 4.79 Å². The van der Waals surface area contributed by atoms with E-state index in [-0.39, 0.29) is 21.7 Å². The second-order valence-electron chi connectivity index (χ2n) is 4.32. The van der Waals surface area contributed by atoms with Gasteiger partial charge >= 0.3 is 118 Å². The standard InChI is InChI=1S/C13H16AsBrNO/c1-10(17)16-8-6-11(7-9-16)14-12-4-2-3-5-13(12)15/h2-5,11H,6-9H2,1H3. The van der Waals surface area contributed by atoms with Gasteiger partial charge in [0.05, 0.1) is 0 Å². The number of likely N-dealkylation sites (tertiary alicyclic amines) is 1. The van der Waals surface area contributed by atoms with Gasteiger partial charge in [-0.3, -0.25) is 0 Å². The van der Waals surface area contributed by atoms with E-state index in [1.807, 2.05) is 4.90 Å². The Morgan fingerprint density at radius 1 is 1.35 bits per heavy atom. The maximum atomic E-state index is 11.2. The van der Waals surface area contributed by atoms with Gasteiger partial charge in [0, 0.05) is 0 Å². The van der Waals surface area contributed by atoms with Crippen LogP contribution in [0.25, 0.3) is 0 Å². The number of carbonyl (C=O) groups is 1. The molecule has 1 amide bonds. The normalized spacial score (nSPS) is 17.9. The minimum absolute atomic E-state index is 0.216. The molecule has 2 rings (SSSR count). The summed E-state index contributed by atoms with van der Waals surface area (Å²) in [5.74, 6) is 0.223. The van der Waals surface area contributed by atoms with E-state index >= 15 is 0 Å². The van der Waals surface area contributed by atoms with Gasteiger partial charge in [-0.1, -0.05) is 0 Å². The van der Waals surface area contributed by atoms with Crippen molar-refractivity contribution in [2.45, 2.75) is 24.5 Å². The SMILES string of the molecule is CC(=O)N1CCC([As]c2ccccc2Br)CC1. The van der Waals surface area contributed by atoms with Crippen LogP contribution in [0.2, 0.25) is 4.71 Å². The molecule has 1 aromatic carbocycles. The molecule has 2 nitrogen and oxygen atoms in total. The Morgan fingerprint density at radius 3 is 2.59 bits per heavy atom. The summed E-state index contributed by atoms with van der Waals surface area (Å²) in [5, 5.41) is 0.